The van der Waals surface area contributed by atoms with Gasteiger partial charge in [0.15, 0.2) is 9.84 Å². The Kier molecular flexibility index (Phi) is 4.55. The maximum absolute atomic E-state index is 12.0. The van der Waals surface area contributed by atoms with Crippen LogP contribution < -0.4 is 5.32 Å². The van der Waals surface area contributed by atoms with Gasteiger partial charge in [0, 0.05) is 5.56 Å². The lowest BCUT2D eigenvalue weighted by Gasteiger charge is -2.13. The van der Waals surface area contributed by atoms with Gasteiger partial charge in [0.25, 0.3) is 0 Å². The molecule has 0 bridgehead atoms. The monoisotopic (exact) mass is 369 g/mol. The molecule has 1 N–H and O–H groups in total. The van der Waals surface area contributed by atoms with Gasteiger partial charge in [-0.2, -0.15) is 4.80 Å². The quantitative estimate of drug-likeness (QED) is 0.770. The van der Waals surface area contributed by atoms with Crippen LogP contribution in [0, 0.1) is 6.92 Å². The van der Waals surface area contributed by atoms with E-state index in [0.717, 1.165) is 11.1 Å². The fourth-order valence-electron chi connectivity index (χ4n) is 2.56. The van der Waals surface area contributed by atoms with Crippen molar-refractivity contribution in [1.82, 2.24) is 25.5 Å². The average molecular weight is 370 g/mol. The zero-order valence-electron chi connectivity index (χ0n) is 12.9. The molecule has 2 aromatic rings. The number of carbonyl (C=O) groups excluding carboxylic acids is 1. The van der Waals surface area contributed by atoms with Crippen LogP contribution in [-0.4, -0.2) is 57.5 Å². The Labute approximate surface area is 144 Å². The largest absolute Gasteiger partial charge is 0.349 e. The van der Waals surface area contributed by atoms with E-state index in [1.165, 1.54) is 4.80 Å². The van der Waals surface area contributed by atoms with Gasteiger partial charge in [-0.25, -0.2) is 8.42 Å². The first-order valence-electron chi connectivity index (χ1n) is 7.32. The van der Waals surface area contributed by atoms with E-state index >= 15 is 0 Å². The van der Waals surface area contributed by atoms with Crippen LogP contribution in [0.2, 0.25) is 0 Å². The van der Waals surface area contributed by atoms with Gasteiger partial charge in [0.1, 0.15) is 6.54 Å². The van der Waals surface area contributed by atoms with Crippen molar-refractivity contribution < 1.29 is 13.2 Å². The number of aromatic nitrogens is 4. The van der Waals surface area contributed by atoms with Gasteiger partial charge < -0.3 is 5.32 Å². The Morgan fingerprint density at radius 1 is 1.38 bits per heavy atom. The number of hydrogen-bond donors (Lipinski definition) is 1. The number of aryl methyl sites for hydroxylation is 1. The second kappa shape index (κ2) is 6.48. The normalized spacial score (nSPS) is 22.4. The second-order valence-electron chi connectivity index (χ2n) is 5.73. The van der Waals surface area contributed by atoms with E-state index in [9.17, 15) is 13.2 Å². The van der Waals surface area contributed by atoms with Gasteiger partial charge in [-0.05, 0) is 17.7 Å². The van der Waals surface area contributed by atoms with Crippen molar-refractivity contribution in [1.29, 1.82) is 0 Å². The number of benzene rings is 1. The first-order chi connectivity index (χ1) is 11.3. The molecule has 3 rings (SSSR count). The molecule has 2 atom stereocenters. The Morgan fingerprint density at radius 2 is 2.12 bits per heavy atom. The van der Waals surface area contributed by atoms with E-state index in [0.29, 0.717) is 5.82 Å². The van der Waals surface area contributed by atoms with E-state index in [2.05, 4.69) is 20.7 Å². The first kappa shape index (κ1) is 16.8. The number of amides is 1. The summed E-state index contributed by atoms with van der Waals surface area (Å²) in [5.41, 5.74) is 1.84. The molecule has 1 fully saturated rings. The summed E-state index contributed by atoms with van der Waals surface area (Å²) in [6, 6.07) is 7.00. The van der Waals surface area contributed by atoms with Gasteiger partial charge >= 0.3 is 0 Å². The third kappa shape index (κ3) is 3.73. The smallest absolute Gasteiger partial charge is 0.243 e. The van der Waals surface area contributed by atoms with Crippen LogP contribution in [0.1, 0.15) is 5.56 Å². The van der Waals surface area contributed by atoms with Gasteiger partial charge in [0.2, 0.25) is 11.7 Å². The highest BCUT2D eigenvalue weighted by Crippen LogP contribution is 2.19. The summed E-state index contributed by atoms with van der Waals surface area (Å²) in [7, 11) is -3.20. The minimum Gasteiger partial charge on any atom is -0.349 e. The highest BCUT2D eigenvalue weighted by molar-refractivity contribution is 7.91. The summed E-state index contributed by atoms with van der Waals surface area (Å²) in [5.74, 6) is -0.249. The van der Waals surface area contributed by atoms with Crippen LogP contribution in [-0.2, 0) is 21.2 Å². The number of carbonyl (C=O) groups is 1. The minimum absolute atomic E-state index is 0.126. The van der Waals surface area contributed by atoms with E-state index in [4.69, 9.17) is 11.6 Å². The zero-order valence-corrected chi connectivity index (χ0v) is 14.5. The first-order valence-corrected chi connectivity index (χ1v) is 9.57. The molecular weight excluding hydrogens is 354 g/mol. The van der Waals surface area contributed by atoms with Gasteiger partial charge in [-0.1, -0.05) is 24.3 Å². The fraction of sp³-hybridized carbons (Fsp3) is 0.429. The molecule has 0 spiro atoms. The Bertz CT molecular complexity index is 867. The molecule has 24 heavy (non-hydrogen) atoms. The predicted molar refractivity (Wildman–Crippen MR) is 88.2 cm³/mol. The van der Waals surface area contributed by atoms with Crippen molar-refractivity contribution in [3.05, 3.63) is 29.8 Å². The summed E-state index contributed by atoms with van der Waals surface area (Å²) < 4.78 is 23.0. The number of sulfone groups is 1. The van der Waals surface area contributed by atoms with E-state index in [-0.39, 0.29) is 18.1 Å². The predicted octanol–water partition coefficient (Wildman–Crippen LogP) is 0.169. The lowest BCUT2D eigenvalue weighted by Crippen LogP contribution is -2.42. The SMILES string of the molecule is Cc1ccccc1-c1nnn(CC(=O)N[C@@H]2CS(=O)(=O)C[C@H]2Cl)n1. The van der Waals surface area contributed by atoms with Crippen LogP contribution in [0.5, 0.6) is 0 Å². The van der Waals surface area contributed by atoms with Gasteiger partial charge in [0.05, 0.1) is 22.9 Å². The van der Waals surface area contributed by atoms with E-state index in [1.807, 2.05) is 31.2 Å². The molecule has 1 aromatic carbocycles. The molecule has 0 saturated carbocycles. The van der Waals surface area contributed by atoms with E-state index < -0.39 is 27.2 Å². The van der Waals surface area contributed by atoms with Crippen LogP contribution in [0.4, 0.5) is 0 Å². The van der Waals surface area contributed by atoms with Crippen molar-refractivity contribution in [2.45, 2.75) is 24.9 Å². The summed E-state index contributed by atoms with van der Waals surface area (Å²) in [6.45, 7) is 1.78. The number of hydrogen-bond acceptors (Lipinski definition) is 6. The summed E-state index contributed by atoms with van der Waals surface area (Å²) in [4.78, 5) is 13.2. The van der Waals surface area contributed by atoms with Crippen LogP contribution in [0.25, 0.3) is 11.4 Å². The maximum atomic E-state index is 12.0. The molecule has 1 aliphatic heterocycles. The molecule has 0 unspecified atom stereocenters. The molecule has 1 aliphatic rings. The Morgan fingerprint density at radius 3 is 2.79 bits per heavy atom. The Hall–Kier alpha value is -2.00. The summed E-state index contributed by atoms with van der Waals surface area (Å²) in [5, 5.41) is 14.0. The lowest BCUT2D eigenvalue weighted by atomic mass is 10.1. The van der Waals surface area contributed by atoms with Crippen molar-refractivity contribution >= 4 is 27.3 Å². The van der Waals surface area contributed by atoms with Crippen molar-refractivity contribution in [3.8, 4) is 11.4 Å². The topological polar surface area (TPSA) is 107 Å². The summed E-state index contributed by atoms with van der Waals surface area (Å²) >= 11 is 5.97. The highest BCUT2D eigenvalue weighted by Gasteiger charge is 2.37. The minimum atomic E-state index is -3.20. The number of alkyl halides is 1. The van der Waals surface area contributed by atoms with Crippen molar-refractivity contribution in [2.75, 3.05) is 11.5 Å². The molecule has 1 saturated heterocycles. The van der Waals surface area contributed by atoms with Crippen molar-refractivity contribution in [3.63, 3.8) is 0 Å². The molecule has 10 heteroatoms. The van der Waals surface area contributed by atoms with E-state index in [1.54, 1.807) is 0 Å². The summed E-state index contributed by atoms with van der Waals surface area (Å²) in [6.07, 6.45) is 0. The number of tetrazole rings is 1. The lowest BCUT2D eigenvalue weighted by molar-refractivity contribution is -0.122. The molecular formula is C14H16ClN5O3S. The fourth-order valence-corrected chi connectivity index (χ4v) is 5.11. The van der Waals surface area contributed by atoms with Crippen LogP contribution in [0.3, 0.4) is 0 Å². The van der Waals surface area contributed by atoms with Crippen LogP contribution >= 0.6 is 11.6 Å². The zero-order chi connectivity index (χ0) is 17.3. The molecule has 8 nitrogen and oxygen atoms in total. The average Bonchev–Trinajstić information content (AvgIpc) is 3.03. The standard InChI is InChI=1S/C14H16ClN5O3S/c1-9-4-2-3-5-10(9)14-17-19-20(18-14)6-13(21)16-12-8-24(22,23)7-11(12)15/h2-5,11-12H,6-8H2,1H3,(H,16,21)/t11-,12-/m1/s1. The highest BCUT2D eigenvalue weighted by atomic mass is 35.5. The number of halogens is 1. The Balaban J connectivity index is 1.65. The van der Waals surface area contributed by atoms with Gasteiger partial charge in [-0.3, -0.25) is 4.79 Å². The number of rotatable bonds is 4. The number of nitrogens with zero attached hydrogens (tertiary/aromatic N) is 4. The number of nitrogens with one attached hydrogen (secondary N) is 1. The van der Waals surface area contributed by atoms with Gasteiger partial charge in [-0.15, -0.1) is 21.8 Å². The second-order valence-corrected chi connectivity index (χ2v) is 8.44. The van der Waals surface area contributed by atoms with Crippen LogP contribution in [0.15, 0.2) is 24.3 Å². The maximum Gasteiger partial charge on any atom is 0.243 e. The molecule has 0 aliphatic carbocycles. The molecule has 1 aromatic heterocycles. The molecule has 0 radical (unpaired) electrons. The molecule has 128 valence electrons. The van der Waals surface area contributed by atoms with Crippen molar-refractivity contribution in [2.24, 2.45) is 0 Å². The molecule has 1 amide bonds. The molecule has 2 heterocycles. The third-order valence-corrected chi connectivity index (χ3v) is 6.13. The third-order valence-electron chi connectivity index (χ3n) is 3.75.